The Balaban J connectivity index is 2.09. The van der Waals surface area contributed by atoms with Crippen LogP contribution in [-0.2, 0) is 13.1 Å². The topological polar surface area (TPSA) is 46.9 Å². The molecule has 1 aromatic carbocycles. The number of carbonyl (C=O) groups excluding carboxylic acids is 1. The van der Waals surface area contributed by atoms with Gasteiger partial charge in [-0.2, -0.15) is 5.10 Å². The molecule has 1 N–H and O–H groups in total. The molecule has 0 bridgehead atoms. The van der Waals surface area contributed by atoms with Crippen LogP contribution in [0, 0.1) is 18.7 Å². The summed E-state index contributed by atoms with van der Waals surface area (Å²) >= 11 is 6.26. The molecule has 1 aromatic heterocycles. The van der Waals surface area contributed by atoms with Gasteiger partial charge >= 0.3 is 0 Å². The summed E-state index contributed by atoms with van der Waals surface area (Å²) in [7, 11) is 0. The van der Waals surface area contributed by atoms with Crippen molar-refractivity contribution in [3.63, 3.8) is 0 Å². The molecule has 0 saturated carbocycles. The monoisotopic (exact) mass is 323 g/mol. The Morgan fingerprint density at radius 3 is 2.59 bits per heavy atom. The largest absolute Gasteiger partial charge is 0.348 e. The van der Waals surface area contributed by atoms with Gasteiger partial charge in [0.15, 0.2) is 0 Å². The number of rotatable bonds is 5. The van der Waals surface area contributed by atoms with Gasteiger partial charge < -0.3 is 5.32 Å². The van der Waals surface area contributed by atoms with Gasteiger partial charge in [-0.3, -0.25) is 9.48 Å². The molecule has 0 saturated heterocycles. The molecule has 0 aliphatic heterocycles. The molecule has 118 valence electrons. The molecule has 1 heterocycles. The van der Waals surface area contributed by atoms with E-state index < -0.39 is 0 Å². The molecule has 22 heavy (non-hydrogen) atoms. The Labute approximate surface area is 134 Å². The van der Waals surface area contributed by atoms with E-state index in [1.54, 1.807) is 23.7 Å². The van der Waals surface area contributed by atoms with Crippen molar-refractivity contribution in [3.8, 4) is 0 Å². The Kier molecular flexibility index (Phi) is 5.19. The van der Waals surface area contributed by atoms with Crippen molar-refractivity contribution in [2.45, 2.75) is 33.9 Å². The van der Waals surface area contributed by atoms with E-state index in [0.29, 0.717) is 35.4 Å². The molecule has 0 atom stereocenters. The maximum atomic E-state index is 12.8. The molecule has 4 nitrogen and oxygen atoms in total. The number of carbonyl (C=O) groups is 1. The number of aromatic nitrogens is 2. The van der Waals surface area contributed by atoms with E-state index >= 15 is 0 Å². The molecular formula is C16H19ClFN3O. The maximum absolute atomic E-state index is 12.8. The van der Waals surface area contributed by atoms with Crippen molar-refractivity contribution in [2.75, 3.05) is 0 Å². The fourth-order valence-electron chi connectivity index (χ4n) is 2.15. The van der Waals surface area contributed by atoms with Crippen molar-refractivity contribution < 1.29 is 9.18 Å². The van der Waals surface area contributed by atoms with Crippen LogP contribution in [-0.4, -0.2) is 15.7 Å². The van der Waals surface area contributed by atoms with E-state index in [1.165, 1.54) is 12.1 Å². The lowest BCUT2D eigenvalue weighted by atomic mass is 10.2. The van der Waals surface area contributed by atoms with Crippen LogP contribution >= 0.6 is 11.6 Å². The quantitative estimate of drug-likeness (QED) is 0.914. The molecule has 2 rings (SSSR count). The summed E-state index contributed by atoms with van der Waals surface area (Å²) in [5, 5.41) is 7.45. The molecule has 0 fully saturated rings. The third-order valence-corrected chi connectivity index (χ3v) is 3.58. The van der Waals surface area contributed by atoms with Gasteiger partial charge in [0.05, 0.1) is 11.3 Å². The van der Waals surface area contributed by atoms with Crippen LogP contribution in [0.2, 0.25) is 5.15 Å². The second kappa shape index (κ2) is 6.92. The zero-order valence-corrected chi connectivity index (χ0v) is 13.6. The average Bonchev–Trinajstić information content (AvgIpc) is 2.72. The summed E-state index contributed by atoms with van der Waals surface area (Å²) in [4.78, 5) is 12.3. The second-order valence-corrected chi connectivity index (χ2v) is 5.99. The van der Waals surface area contributed by atoms with Crippen molar-refractivity contribution >= 4 is 17.5 Å². The molecule has 2 aromatic rings. The number of nitrogens with one attached hydrogen (secondary N) is 1. The molecule has 0 unspecified atom stereocenters. The molecule has 1 amide bonds. The first-order valence-corrected chi connectivity index (χ1v) is 7.51. The normalized spacial score (nSPS) is 11.0. The molecule has 6 heteroatoms. The first kappa shape index (κ1) is 16.5. The molecule has 0 radical (unpaired) electrons. The number of aryl methyl sites for hydroxylation is 1. The third-order valence-electron chi connectivity index (χ3n) is 3.20. The van der Waals surface area contributed by atoms with Gasteiger partial charge in [0, 0.05) is 13.1 Å². The minimum Gasteiger partial charge on any atom is -0.348 e. The first-order valence-electron chi connectivity index (χ1n) is 7.14. The van der Waals surface area contributed by atoms with Gasteiger partial charge in [0.1, 0.15) is 11.0 Å². The number of benzene rings is 1. The van der Waals surface area contributed by atoms with Crippen LogP contribution in [0.5, 0.6) is 0 Å². The molecule has 0 aliphatic rings. The summed E-state index contributed by atoms with van der Waals surface area (Å²) in [5.41, 5.74) is 1.81. The fourth-order valence-corrected chi connectivity index (χ4v) is 2.48. The SMILES string of the molecule is Cc1nn(CC(C)C)c(Cl)c1C(=O)NCc1ccc(F)cc1. The zero-order valence-electron chi connectivity index (χ0n) is 12.9. The predicted octanol–water partition coefficient (Wildman–Crippen LogP) is 3.57. The van der Waals surface area contributed by atoms with E-state index in [1.807, 2.05) is 0 Å². The van der Waals surface area contributed by atoms with Crippen LogP contribution in [0.25, 0.3) is 0 Å². The molecule has 0 aliphatic carbocycles. The lowest BCUT2D eigenvalue weighted by Gasteiger charge is -2.07. The minimum absolute atomic E-state index is 0.276. The second-order valence-electron chi connectivity index (χ2n) is 5.64. The van der Waals surface area contributed by atoms with Crippen LogP contribution in [0.1, 0.15) is 35.5 Å². The third kappa shape index (κ3) is 3.85. The van der Waals surface area contributed by atoms with Crippen LogP contribution in [0.3, 0.4) is 0 Å². The lowest BCUT2D eigenvalue weighted by Crippen LogP contribution is -2.23. The Bertz CT molecular complexity index is 665. The van der Waals surface area contributed by atoms with Crippen molar-refractivity contribution in [1.29, 1.82) is 0 Å². The summed E-state index contributed by atoms with van der Waals surface area (Å²) in [6, 6.07) is 5.99. The van der Waals surface area contributed by atoms with E-state index in [4.69, 9.17) is 11.6 Å². The van der Waals surface area contributed by atoms with E-state index in [9.17, 15) is 9.18 Å². The van der Waals surface area contributed by atoms with E-state index in [0.717, 1.165) is 5.56 Å². The summed E-state index contributed by atoms with van der Waals surface area (Å²) in [6.07, 6.45) is 0. The predicted molar refractivity (Wildman–Crippen MR) is 84.4 cm³/mol. The number of nitrogens with zero attached hydrogens (tertiary/aromatic N) is 2. The summed E-state index contributed by atoms with van der Waals surface area (Å²) in [5.74, 6) is -0.197. The van der Waals surface area contributed by atoms with Gasteiger partial charge in [-0.15, -0.1) is 0 Å². The number of hydrogen-bond donors (Lipinski definition) is 1. The summed E-state index contributed by atoms with van der Waals surface area (Å²) in [6.45, 7) is 6.84. The highest BCUT2D eigenvalue weighted by molar-refractivity contribution is 6.33. The fraction of sp³-hybridized carbons (Fsp3) is 0.375. The smallest absolute Gasteiger partial charge is 0.256 e. The van der Waals surface area contributed by atoms with Gasteiger partial charge in [-0.1, -0.05) is 37.6 Å². The van der Waals surface area contributed by atoms with Crippen LogP contribution in [0.4, 0.5) is 4.39 Å². The zero-order chi connectivity index (χ0) is 16.3. The number of hydrogen-bond acceptors (Lipinski definition) is 2. The van der Waals surface area contributed by atoms with E-state index in [-0.39, 0.29) is 11.7 Å². The standard InChI is InChI=1S/C16H19ClFN3O/c1-10(2)9-21-15(17)14(11(3)20-21)16(22)19-8-12-4-6-13(18)7-5-12/h4-7,10H,8-9H2,1-3H3,(H,19,22). The Morgan fingerprint density at radius 2 is 2.00 bits per heavy atom. The highest BCUT2D eigenvalue weighted by Gasteiger charge is 2.20. The molecular weight excluding hydrogens is 305 g/mol. The van der Waals surface area contributed by atoms with Gasteiger partial charge in [0.25, 0.3) is 5.91 Å². The van der Waals surface area contributed by atoms with E-state index in [2.05, 4.69) is 24.3 Å². The Morgan fingerprint density at radius 1 is 1.36 bits per heavy atom. The highest BCUT2D eigenvalue weighted by Crippen LogP contribution is 2.21. The van der Waals surface area contributed by atoms with Crippen LogP contribution in [0.15, 0.2) is 24.3 Å². The first-order chi connectivity index (χ1) is 10.4. The van der Waals surface area contributed by atoms with Gasteiger partial charge in [-0.25, -0.2) is 4.39 Å². The lowest BCUT2D eigenvalue weighted by molar-refractivity contribution is 0.0950. The number of halogens is 2. The number of amides is 1. The summed E-state index contributed by atoms with van der Waals surface area (Å²) < 4.78 is 14.5. The molecule has 0 spiro atoms. The highest BCUT2D eigenvalue weighted by atomic mass is 35.5. The maximum Gasteiger partial charge on any atom is 0.256 e. The van der Waals surface area contributed by atoms with Crippen molar-refractivity contribution in [3.05, 3.63) is 52.1 Å². The average molecular weight is 324 g/mol. The minimum atomic E-state index is -0.302. The van der Waals surface area contributed by atoms with Crippen molar-refractivity contribution in [1.82, 2.24) is 15.1 Å². The van der Waals surface area contributed by atoms with Crippen molar-refractivity contribution in [2.24, 2.45) is 5.92 Å². The van der Waals surface area contributed by atoms with Gasteiger partial charge in [0.2, 0.25) is 0 Å². The van der Waals surface area contributed by atoms with Gasteiger partial charge in [-0.05, 0) is 30.5 Å². The van der Waals surface area contributed by atoms with Crippen LogP contribution < -0.4 is 5.32 Å². The Hall–Kier alpha value is -1.88.